The van der Waals surface area contributed by atoms with E-state index in [2.05, 4.69) is 10.6 Å². The smallest absolute Gasteiger partial charge is 0.258 e. The molecule has 0 aliphatic carbocycles. The van der Waals surface area contributed by atoms with Gasteiger partial charge in [-0.2, -0.15) is 5.26 Å². The van der Waals surface area contributed by atoms with Gasteiger partial charge in [0.2, 0.25) is 0 Å². The lowest BCUT2D eigenvalue weighted by Gasteiger charge is -2.15. The molecule has 7 heteroatoms. The van der Waals surface area contributed by atoms with Crippen molar-refractivity contribution in [1.82, 2.24) is 10.6 Å². The SMILES string of the molecule is CC(C)NCc1cc(Cl)cc(Cl)c1OCC(=O)NCC#N. The number of nitrogens with one attached hydrogen (secondary N) is 2. The number of carbonyl (C=O) groups is 1. The number of halogens is 2. The van der Waals surface area contributed by atoms with Gasteiger partial charge in [0.05, 0.1) is 11.1 Å². The largest absolute Gasteiger partial charge is 0.482 e. The van der Waals surface area contributed by atoms with Crippen LogP contribution in [0.15, 0.2) is 12.1 Å². The highest BCUT2D eigenvalue weighted by atomic mass is 35.5. The molecule has 0 aliphatic rings. The van der Waals surface area contributed by atoms with E-state index in [9.17, 15) is 4.79 Å². The van der Waals surface area contributed by atoms with Crippen molar-refractivity contribution in [2.75, 3.05) is 13.2 Å². The molecule has 1 aromatic rings. The fourth-order valence-electron chi connectivity index (χ4n) is 1.55. The molecule has 0 aliphatic heterocycles. The quantitative estimate of drug-likeness (QED) is 0.754. The number of rotatable bonds is 7. The van der Waals surface area contributed by atoms with Gasteiger partial charge in [-0.25, -0.2) is 0 Å². The van der Waals surface area contributed by atoms with Gasteiger partial charge in [0.1, 0.15) is 12.3 Å². The first-order valence-electron chi connectivity index (χ1n) is 6.41. The molecule has 0 heterocycles. The summed E-state index contributed by atoms with van der Waals surface area (Å²) in [5, 5.41) is 14.9. The summed E-state index contributed by atoms with van der Waals surface area (Å²) in [7, 11) is 0. The normalized spacial score (nSPS) is 10.3. The first kappa shape index (κ1) is 17.6. The van der Waals surface area contributed by atoms with Crippen molar-refractivity contribution in [2.24, 2.45) is 0 Å². The molecule has 0 saturated carbocycles. The number of ether oxygens (including phenoxy) is 1. The summed E-state index contributed by atoms with van der Waals surface area (Å²) in [4.78, 5) is 11.5. The fourth-order valence-corrected chi connectivity index (χ4v) is 2.14. The van der Waals surface area contributed by atoms with E-state index in [0.717, 1.165) is 5.56 Å². The van der Waals surface area contributed by atoms with Gasteiger partial charge in [-0.15, -0.1) is 0 Å². The summed E-state index contributed by atoms with van der Waals surface area (Å²) >= 11 is 12.1. The average molecular weight is 330 g/mol. The first-order chi connectivity index (χ1) is 9.93. The maximum Gasteiger partial charge on any atom is 0.258 e. The van der Waals surface area contributed by atoms with Crippen LogP contribution in [0.3, 0.4) is 0 Å². The van der Waals surface area contributed by atoms with Gasteiger partial charge in [-0.3, -0.25) is 4.79 Å². The molecule has 0 fully saturated rings. The Morgan fingerprint density at radius 3 is 2.76 bits per heavy atom. The second-order valence-corrected chi connectivity index (χ2v) is 5.48. The Kier molecular flexibility index (Phi) is 7.30. The van der Waals surface area contributed by atoms with Crippen molar-refractivity contribution in [3.63, 3.8) is 0 Å². The van der Waals surface area contributed by atoms with Crippen molar-refractivity contribution in [3.05, 3.63) is 27.7 Å². The summed E-state index contributed by atoms with van der Waals surface area (Å²) in [6, 6.07) is 5.41. The first-order valence-corrected chi connectivity index (χ1v) is 7.17. The molecule has 0 atom stereocenters. The van der Waals surface area contributed by atoms with E-state index >= 15 is 0 Å². The van der Waals surface area contributed by atoms with Crippen LogP contribution in [0.1, 0.15) is 19.4 Å². The van der Waals surface area contributed by atoms with Crippen molar-refractivity contribution in [2.45, 2.75) is 26.4 Å². The summed E-state index contributed by atoms with van der Waals surface area (Å²) < 4.78 is 5.46. The van der Waals surface area contributed by atoms with Gasteiger partial charge in [0.25, 0.3) is 5.91 Å². The monoisotopic (exact) mass is 329 g/mol. The van der Waals surface area contributed by atoms with E-state index in [-0.39, 0.29) is 25.1 Å². The molecule has 0 saturated heterocycles. The van der Waals surface area contributed by atoms with Crippen LogP contribution in [0.5, 0.6) is 5.75 Å². The number of hydrogen-bond donors (Lipinski definition) is 2. The van der Waals surface area contributed by atoms with E-state index in [4.69, 9.17) is 33.2 Å². The van der Waals surface area contributed by atoms with Crippen LogP contribution < -0.4 is 15.4 Å². The van der Waals surface area contributed by atoms with Gasteiger partial charge in [-0.05, 0) is 12.1 Å². The molecule has 1 rings (SSSR count). The summed E-state index contributed by atoms with van der Waals surface area (Å²) in [6.07, 6.45) is 0. The average Bonchev–Trinajstić information content (AvgIpc) is 2.41. The summed E-state index contributed by atoms with van der Waals surface area (Å²) in [5.41, 5.74) is 0.772. The van der Waals surface area contributed by atoms with E-state index < -0.39 is 0 Å². The molecule has 1 amide bonds. The fraction of sp³-hybridized carbons (Fsp3) is 0.429. The number of hydrogen-bond acceptors (Lipinski definition) is 4. The van der Waals surface area contributed by atoms with Gasteiger partial charge in [-0.1, -0.05) is 37.0 Å². The molecule has 1 aromatic carbocycles. The Morgan fingerprint density at radius 2 is 2.14 bits per heavy atom. The summed E-state index contributed by atoms with van der Waals surface area (Å²) in [5.74, 6) is 0.0339. The van der Waals surface area contributed by atoms with Gasteiger partial charge in [0, 0.05) is 23.2 Å². The van der Waals surface area contributed by atoms with Gasteiger partial charge < -0.3 is 15.4 Å². The van der Waals surface area contributed by atoms with Crippen LogP contribution in [-0.2, 0) is 11.3 Å². The minimum Gasteiger partial charge on any atom is -0.482 e. The molecule has 0 spiro atoms. The lowest BCUT2D eigenvalue weighted by Crippen LogP contribution is -2.29. The molecule has 2 N–H and O–H groups in total. The molecule has 0 radical (unpaired) electrons. The number of carbonyl (C=O) groups excluding carboxylic acids is 1. The van der Waals surface area contributed by atoms with Crippen molar-refractivity contribution in [1.29, 1.82) is 5.26 Å². The Bertz CT molecular complexity index is 542. The predicted molar refractivity (Wildman–Crippen MR) is 82.6 cm³/mol. The maximum absolute atomic E-state index is 11.5. The van der Waals surface area contributed by atoms with Crippen LogP contribution in [0.25, 0.3) is 0 Å². The standard InChI is InChI=1S/C14H17Cl2N3O2/c1-9(2)19-7-10-5-11(15)6-12(16)14(10)21-8-13(20)18-4-3-17/h5-6,9,19H,4,7-8H2,1-2H3,(H,18,20). The zero-order chi connectivity index (χ0) is 15.8. The molecular formula is C14H17Cl2N3O2. The molecule has 5 nitrogen and oxygen atoms in total. The zero-order valence-corrected chi connectivity index (χ0v) is 13.4. The molecule has 0 unspecified atom stereocenters. The lowest BCUT2D eigenvalue weighted by molar-refractivity contribution is -0.122. The Balaban J connectivity index is 2.79. The highest BCUT2D eigenvalue weighted by Crippen LogP contribution is 2.32. The second-order valence-electron chi connectivity index (χ2n) is 4.63. The molecule has 21 heavy (non-hydrogen) atoms. The van der Waals surface area contributed by atoms with E-state index in [1.54, 1.807) is 12.1 Å². The number of benzene rings is 1. The van der Waals surface area contributed by atoms with Gasteiger partial charge in [0.15, 0.2) is 6.61 Å². The molecule has 114 valence electrons. The third kappa shape index (κ3) is 6.21. The minimum atomic E-state index is -0.384. The molecular weight excluding hydrogens is 313 g/mol. The minimum absolute atomic E-state index is 0.0572. The van der Waals surface area contributed by atoms with E-state index in [0.29, 0.717) is 22.3 Å². The van der Waals surface area contributed by atoms with Crippen molar-refractivity contribution >= 4 is 29.1 Å². The topological polar surface area (TPSA) is 74.2 Å². The maximum atomic E-state index is 11.5. The zero-order valence-electron chi connectivity index (χ0n) is 11.9. The van der Waals surface area contributed by atoms with Crippen LogP contribution in [0.4, 0.5) is 0 Å². The van der Waals surface area contributed by atoms with E-state index in [1.165, 1.54) is 0 Å². The molecule has 0 aromatic heterocycles. The van der Waals surface area contributed by atoms with Crippen molar-refractivity contribution < 1.29 is 9.53 Å². The number of amides is 1. The van der Waals surface area contributed by atoms with Crippen LogP contribution in [0, 0.1) is 11.3 Å². The summed E-state index contributed by atoms with van der Waals surface area (Å²) in [6.45, 7) is 4.28. The highest BCUT2D eigenvalue weighted by molar-refractivity contribution is 6.35. The third-order valence-electron chi connectivity index (χ3n) is 2.50. The second kappa shape index (κ2) is 8.73. The Labute approximate surface area is 134 Å². The Hall–Kier alpha value is -1.48. The third-order valence-corrected chi connectivity index (χ3v) is 3.00. The van der Waals surface area contributed by atoms with Crippen LogP contribution >= 0.6 is 23.2 Å². The van der Waals surface area contributed by atoms with Gasteiger partial charge >= 0.3 is 0 Å². The highest BCUT2D eigenvalue weighted by Gasteiger charge is 2.13. The number of nitrogens with zero attached hydrogens (tertiary/aromatic N) is 1. The number of nitriles is 1. The molecule has 0 bridgehead atoms. The van der Waals surface area contributed by atoms with E-state index in [1.807, 2.05) is 19.9 Å². The lowest BCUT2D eigenvalue weighted by atomic mass is 10.2. The van der Waals surface area contributed by atoms with Crippen molar-refractivity contribution in [3.8, 4) is 11.8 Å². The van der Waals surface area contributed by atoms with Crippen LogP contribution in [-0.4, -0.2) is 25.1 Å². The van der Waals surface area contributed by atoms with Crippen LogP contribution in [0.2, 0.25) is 10.0 Å². The Morgan fingerprint density at radius 1 is 1.43 bits per heavy atom. The predicted octanol–water partition coefficient (Wildman–Crippen LogP) is 2.51.